The van der Waals surface area contributed by atoms with Crippen LogP contribution in [0.15, 0.2) is 0 Å². The molecule has 3 nitrogen and oxygen atoms in total. The Morgan fingerprint density at radius 3 is 2.71 bits per heavy atom. The quantitative estimate of drug-likeness (QED) is 0.730. The molecule has 0 aromatic heterocycles. The summed E-state index contributed by atoms with van der Waals surface area (Å²) in [5.41, 5.74) is 6.51. The summed E-state index contributed by atoms with van der Waals surface area (Å²) in [5.74, 6) is 0. The molecule has 2 rings (SSSR count). The van der Waals surface area contributed by atoms with Gasteiger partial charge in [0, 0.05) is 32.8 Å². The lowest BCUT2D eigenvalue weighted by Gasteiger charge is -2.44. The van der Waals surface area contributed by atoms with Crippen molar-refractivity contribution in [3.63, 3.8) is 0 Å². The van der Waals surface area contributed by atoms with Gasteiger partial charge in [0.15, 0.2) is 0 Å². The van der Waals surface area contributed by atoms with Crippen molar-refractivity contribution in [2.75, 3.05) is 26.7 Å². The zero-order valence-electron chi connectivity index (χ0n) is 9.33. The molecule has 0 radical (unpaired) electrons. The van der Waals surface area contributed by atoms with E-state index >= 15 is 0 Å². The zero-order valence-corrected chi connectivity index (χ0v) is 9.33. The van der Waals surface area contributed by atoms with Crippen LogP contribution in [0.2, 0.25) is 0 Å². The fourth-order valence-corrected chi connectivity index (χ4v) is 2.77. The van der Waals surface area contributed by atoms with E-state index in [9.17, 15) is 0 Å². The van der Waals surface area contributed by atoms with Crippen LogP contribution in [0.3, 0.4) is 0 Å². The number of likely N-dealkylation sites (tertiary alicyclic amines) is 1. The summed E-state index contributed by atoms with van der Waals surface area (Å²) in [7, 11) is 1.80. The highest BCUT2D eigenvalue weighted by Crippen LogP contribution is 2.38. The van der Waals surface area contributed by atoms with Crippen molar-refractivity contribution in [2.45, 2.75) is 38.3 Å². The number of methoxy groups -OCH3 is 1. The van der Waals surface area contributed by atoms with Gasteiger partial charge in [-0.2, -0.15) is 0 Å². The number of hydrogen-bond donors (Lipinski definition) is 1. The van der Waals surface area contributed by atoms with E-state index in [0.717, 1.165) is 19.6 Å². The number of hydrogen-bond acceptors (Lipinski definition) is 3. The molecule has 1 heterocycles. The maximum absolute atomic E-state index is 6.15. The van der Waals surface area contributed by atoms with Crippen LogP contribution >= 0.6 is 0 Å². The molecule has 0 aromatic rings. The minimum Gasteiger partial charge on any atom is -0.379 e. The van der Waals surface area contributed by atoms with Gasteiger partial charge in [0.1, 0.15) is 0 Å². The third-order valence-corrected chi connectivity index (χ3v) is 4.00. The van der Waals surface area contributed by atoms with Gasteiger partial charge in [-0.25, -0.2) is 0 Å². The van der Waals surface area contributed by atoms with E-state index < -0.39 is 0 Å². The SMILES string of the molecule is COC1CN(CC2(C)CCCC2N)C1. The van der Waals surface area contributed by atoms with Crippen molar-refractivity contribution >= 4 is 0 Å². The minimum absolute atomic E-state index is 0.360. The average molecular weight is 198 g/mol. The number of nitrogens with two attached hydrogens (primary N) is 1. The first kappa shape index (κ1) is 10.4. The maximum Gasteiger partial charge on any atom is 0.0824 e. The van der Waals surface area contributed by atoms with Gasteiger partial charge in [-0.3, -0.25) is 4.90 Å². The predicted octanol–water partition coefficient (Wildman–Crippen LogP) is 0.835. The van der Waals surface area contributed by atoms with E-state index in [4.69, 9.17) is 10.5 Å². The first-order valence-corrected chi connectivity index (χ1v) is 5.65. The van der Waals surface area contributed by atoms with E-state index in [2.05, 4.69) is 11.8 Å². The molecule has 14 heavy (non-hydrogen) atoms. The molecular weight excluding hydrogens is 176 g/mol. The van der Waals surface area contributed by atoms with Crippen LogP contribution in [0.1, 0.15) is 26.2 Å². The molecule has 2 atom stereocenters. The van der Waals surface area contributed by atoms with Crippen LogP contribution < -0.4 is 5.73 Å². The largest absolute Gasteiger partial charge is 0.379 e. The topological polar surface area (TPSA) is 38.5 Å². The van der Waals surface area contributed by atoms with E-state index in [0.29, 0.717) is 17.6 Å². The fourth-order valence-electron chi connectivity index (χ4n) is 2.77. The molecule has 0 bridgehead atoms. The van der Waals surface area contributed by atoms with E-state index in [1.807, 2.05) is 0 Å². The molecule has 1 aliphatic heterocycles. The molecule has 1 saturated carbocycles. The third-order valence-electron chi connectivity index (χ3n) is 4.00. The molecule has 2 unspecified atom stereocenters. The van der Waals surface area contributed by atoms with E-state index in [1.54, 1.807) is 7.11 Å². The Kier molecular flexibility index (Phi) is 2.82. The molecule has 2 N–H and O–H groups in total. The summed E-state index contributed by atoms with van der Waals surface area (Å²) >= 11 is 0. The summed E-state index contributed by atoms with van der Waals surface area (Å²) in [6, 6.07) is 0.407. The first-order valence-electron chi connectivity index (χ1n) is 5.65. The molecule has 3 heteroatoms. The molecule has 0 amide bonds. The second kappa shape index (κ2) is 3.80. The summed E-state index contributed by atoms with van der Waals surface area (Å²) in [4.78, 5) is 2.47. The van der Waals surface area contributed by atoms with Crippen molar-refractivity contribution in [1.82, 2.24) is 4.90 Å². The lowest BCUT2D eigenvalue weighted by molar-refractivity contribution is -0.0466. The zero-order chi connectivity index (χ0) is 10.2. The summed E-state index contributed by atoms with van der Waals surface area (Å²) < 4.78 is 5.27. The molecule has 1 aliphatic carbocycles. The second-order valence-corrected chi connectivity index (χ2v) is 5.20. The predicted molar refractivity (Wildman–Crippen MR) is 57.2 cm³/mol. The van der Waals surface area contributed by atoms with Gasteiger partial charge in [-0.1, -0.05) is 13.3 Å². The molecule has 2 fully saturated rings. The fraction of sp³-hybridized carbons (Fsp3) is 1.00. The van der Waals surface area contributed by atoms with Gasteiger partial charge in [-0.15, -0.1) is 0 Å². The maximum atomic E-state index is 6.15. The number of rotatable bonds is 3. The minimum atomic E-state index is 0.360. The second-order valence-electron chi connectivity index (χ2n) is 5.20. The van der Waals surface area contributed by atoms with Crippen molar-refractivity contribution in [1.29, 1.82) is 0 Å². The molecular formula is C11H22N2O. The lowest BCUT2D eigenvalue weighted by atomic mass is 9.83. The van der Waals surface area contributed by atoms with Crippen molar-refractivity contribution in [3.05, 3.63) is 0 Å². The molecule has 0 aromatic carbocycles. The molecule has 0 spiro atoms. The van der Waals surface area contributed by atoms with E-state index in [1.165, 1.54) is 19.3 Å². The summed E-state index contributed by atoms with van der Waals surface area (Å²) in [5, 5.41) is 0. The van der Waals surface area contributed by atoms with Crippen LogP contribution in [0.4, 0.5) is 0 Å². The third kappa shape index (κ3) is 1.81. The highest BCUT2D eigenvalue weighted by atomic mass is 16.5. The van der Waals surface area contributed by atoms with Crippen LogP contribution in [0, 0.1) is 5.41 Å². The Morgan fingerprint density at radius 1 is 1.50 bits per heavy atom. The van der Waals surface area contributed by atoms with Crippen LogP contribution in [0.5, 0.6) is 0 Å². The molecule has 2 aliphatic rings. The Balaban J connectivity index is 1.80. The van der Waals surface area contributed by atoms with Gasteiger partial charge < -0.3 is 10.5 Å². The first-order chi connectivity index (χ1) is 6.64. The van der Waals surface area contributed by atoms with Crippen LogP contribution in [0.25, 0.3) is 0 Å². The van der Waals surface area contributed by atoms with E-state index in [-0.39, 0.29) is 0 Å². The molecule has 82 valence electrons. The smallest absolute Gasteiger partial charge is 0.0824 e. The van der Waals surface area contributed by atoms with Gasteiger partial charge in [-0.05, 0) is 18.3 Å². The van der Waals surface area contributed by atoms with Crippen molar-refractivity contribution in [3.8, 4) is 0 Å². The van der Waals surface area contributed by atoms with Crippen molar-refractivity contribution < 1.29 is 4.74 Å². The normalized spacial score (nSPS) is 40.1. The Bertz CT molecular complexity index is 203. The lowest BCUT2D eigenvalue weighted by Crippen LogP contribution is -2.56. The van der Waals surface area contributed by atoms with Crippen molar-refractivity contribution in [2.24, 2.45) is 11.1 Å². The van der Waals surface area contributed by atoms with Crippen LogP contribution in [-0.4, -0.2) is 43.8 Å². The Labute approximate surface area is 86.6 Å². The highest BCUT2D eigenvalue weighted by Gasteiger charge is 2.40. The van der Waals surface area contributed by atoms with Gasteiger partial charge in [0.25, 0.3) is 0 Å². The molecule has 1 saturated heterocycles. The van der Waals surface area contributed by atoms with Crippen LogP contribution in [-0.2, 0) is 4.74 Å². The Hall–Kier alpha value is -0.120. The highest BCUT2D eigenvalue weighted by molar-refractivity contribution is 4.96. The number of nitrogens with zero attached hydrogens (tertiary/aromatic N) is 1. The average Bonchev–Trinajstić information content (AvgIpc) is 2.40. The standard InChI is InChI=1S/C11H22N2O/c1-11(5-3-4-10(11)12)8-13-6-9(7-13)14-2/h9-10H,3-8,12H2,1-2H3. The number of ether oxygens (including phenoxy) is 1. The van der Waals surface area contributed by atoms with Gasteiger partial charge in [0.05, 0.1) is 6.10 Å². The monoisotopic (exact) mass is 198 g/mol. The summed E-state index contributed by atoms with van der Waals surface area (Å²) in [6.07, 6.45) is 4.27. The van der Waals surface area contributed by atoms with Gasteiger partial charge in [0.2, 0.25) is 0 Å². The summed E-state index contributed by atoms with van der Waals surface area (Å²) in [6.45, 7) is 5.69. The van der Waals surface area contributed by atoms with Gasteiger partial charge >= 0.3 is 0 Å². The Morgan fingerprint density at radius 2 is 2.21 bits per heavy atom.